The van der Waals surface area contributed by atoms with Gasteiger partial charge in [-0.3, -0.25) is 14.4 Å². The molecule has 2 atom stereocenters. The molecule has 7 nitrogen and oxygen atoms in total. The van der Waals surface area contributed by atoms with Gasteiger partial charge in [0, 0.05) is 25.3 Å². The maximum absolute atomic E-state index is 11.9. The van der Waals surface area contributed by atoms with Crippen LogP contribution < -0.4 is 10.6 Å². The molecule has 20 heavy (non-hydrogen) atoms. The van der Waals surface area contributed by atoms with Gasteiger partial charge in [-0.2, -0.15) is 5.10 Å². The highest BCUT2D eigenvalue weighted by Gasteiger charge is 2.26. The van der Waals surface area contributed by atoms with Crippen LogP contribution in [0.25, 0.3) is 0 Å². The molecule has 0 saturated carbocycles. The van der Waals surface area contributed by atoms with Crippen molar-refractivity contribution in [1.82, 2.24) is 25.3 Å². The fourth-order valence-electron chi connectivity index (χ4n) is 2.11. The van der Waals surface area contributed by atoms with Crippen molar-refractivity contribution < 1.29 is 9.59 Å². The highest BCUT2D eigenvalue weighted by Crippen LogP contribution is 2.10. The Labute approximate surface area is 118 Å². The fourth-order valence-corrected chi connectivity index (χ4v) is 2.11. The Morgan fingerprint density at radius 3 is 2.85 bits per heavy atom. The topological polar surface area (TPSA) is 79.3 Å². The number of amides is 3. The van der Waals surface area contributed by atoms with E-state index < -0.39 is 0 Å². The van der Waals surface area contributed by atoms with Crippen LogP contribution in [-0.2, 0) is 4.79 Å². The minimum atomic E-state index is -0.305. The molecule has 0 spiro atoms. The van der Waals surface area contributed by atoms with E-state index in [-0.39, 0.29) is 30.6 Å². The van der Waals surface area contributed by atoms with Gasteiger partial charge in [-0.1, -0.05) is 0 Å². The molecule has 1 saturated heterocycles. The van der Waals surface area contributed by atoms with Gasteiger partial charge in [0.1, 0.15) is 0 Å². The normalized spacial score (nSPS) is 17.9. The first-order chi connectivity index (χ1) is 9.49. The number of urea groups is 1. The third-order valence-corrected chi connectivity index (χ3v) is 3.60. The first-order valence-corrected chi connectivity index (χ1v) is 6.81. The average Bonchev–Trinajstić information content (AvgIpc) is 3.03. The zero-order valence-electron chi connectivity index (χ0n) is 12.1. The van der Waals surface area contributed by atoms with Crippen molar-refractivity contribution in [2.75, 3.05) is 19.6 Å². The van der Waals surface area contributed by atoms with Crippen molar-refractivity contribution in [2.24, 2.45) is 0 Å². The van der Waals surface area contributed by atoms with Gasteiger partial charge in [0.05, 0.1) is 18.8 Å². The third kappa shape index (κ3) is 3.16. The summed E-state index contributed by atoms with van der Waals surface area (Å²) in [4.78, 5) is 24.5. The first-order valence-electron chi connectivity index (χ1n) is 6.81. The van der Waals surface area contributed by atoms with E-state index in [2.05, 4.69) is 15.7 Å². The number of hydrogen-bond donors (Lipinski definition) is 2. The molecular weight excluding hydrogens is 258 g/mol. The second kappa shape index (κ2) is 6.04. The maximum Gasteiger partial charge on any atom is 0.324 e. The molecule has 2 N–H and O–H groups in total. The maximum atomic E-state index is 11.9. The zero-order valence-corrected chi connectivity index (χ0v) is 12.1. The molecule has 0 aliphatic carbocycles. The van der Waals surface area contributed by atoms with Gasteiger partial charge in [0.2, 0.25) is 5.91 Å². The van der Waals surface area contributed by atoms with Crippen LogP contribution in [0.4, 0.5) is 4.79 Å². The summed E-state index contributed by atoms with van der Waals surface area (Å²) in [5.74, 6) is -0.198. The van der Waals surface area contributed by atoms with Crippen LogP contribution in [0.15, 0.2) is 12.4 Å². The van der Waals surface area contributed by atoms with E-state index in [1.807, 2.05) is 37.8 Å². The summed E-state index contributed by atoms with van der Waals surface area (Å²) in [6.07, 6.45) is 3.78. The highest BCUT2D eigenvalue weighted by molar-refractivity contribution is 5.96. The first kappa shape index (κ1) is 14.5. The van der Waals surface area contributed by atoms with Crippen molar-refractivity contribution >= 4 is 11.9 Å². The van der Waals surface area contributed by atoms with Crippen LogP contribution >= 0.6 is 0 Å². The van der Waals surface area contributed by atoms with Crippen molar-refractivity contribution in [2.45, 2.75) is 32.9 Å². The van der Waals surface area contributed by atoms with E-state index in [1.54, 1.807) is 0 Å². The van der Waals surface area contributed by atoms with Crippen molar-refractivity contribution in [3.05, 3.63) is 18.0 Å². The van der Waals surface area contributed by atoms with E-state index in [1.165, 1.54) is 4.90 Å². The Kier molecular flexibility index (Phi) is 4.39. The molecule has 1 fully saturated rings. The molecule has 1 aliphatic rings. The summed E-state index contributed by atoms with van der Waals surface area (Å²) < 4.78 is 1.88. The lowest BCUT2D eigenvalue weighted by Gasteiger charge is -2.22. The number of nitrogens with zero attached hydrogens (tertiary/aromatic N) is 3. The van der Waals surface area contributed by atoms with Gasteiger partial charge in [0.15, 0.2) is 0 Å². The number of aryl methyl sites for hydroxylation is 1. The Balaban J connectivity index is 1.84. The molecule has 0 bridgehead atoms. The number of imide groups is 1. The van der Waals surface area contributed by atoms with Crippen LogP contribution in [0.5, 0.6) is 0 Å². The minimum absolute atomic E-state index is 0.0731. The molecule has 3 amide bonds. The largest absolute Gasteiger partial charge is 0.336 e. The number of aromatic nitrogens is 2. The second-order valence-electron chi connectivity index (χ2n) is 5.19. The number of rotatable bonds is 5. The molecule has 110 valence electrons. The Hall–Kier alpha value is -1.89. The standard InChI is InChI=1S/C13H21N5O2/c1-9-6-16-18(8-9)11(3)10(2)15-7-12(19)17-5-4-14-13(17)20/h6,8,10-11,15H,4-5,7H2,1-3H3,(H,14,20). The van der Waals surface area contributed by atoms with Crippen molar-refractivity contribution in [3.63, 3.8) is 0 Å². The molecular formula is C13H21N5O2. The van der Waals surface area contributed by atoms with Crippen LogP contribution in [0, 0.1) is 6.92 Å². The second-order valence-corrected chi connectivity index (χ2v) is 5.19. The summed E-state index contributed by atoms with van der Waals surface area (Å²) >= 11 is 0. The van der Waals surface area contributed by atoms with Crippen LogP contribution in [-0.4, -0.2) is 52.3 Å². The van der Waals surface area contributed by atoms with Gasteiger partial charge < -0.3 is 10.6 Å². The Bertz CT molecular complexity index is 499. The van der Waals surface area contributed by atoms with Crippen LogP contribution in [0.3, 0.4) is 0 Å². The summed E-state index contributed by atoms with van der Waals surface area (Å²) in [7, 11) is 0. The molecule has 7 heteroatoms. The van der Waals surface area contributed by atoms with E-state index in [0.717, 1.165) is 5.56 Å². The lowest BCUT2D eigenvalue weighted by molar-refractivity contribution is -0.126. The fraction of sp³-hybridized carbons (Fsp3) is 0.615. The molecule has 0 radical (unpaired) electrons. The van der Waals surface area contributed by atoms with Gasteiger partial charge in [-0.15, -0.1) is 0 Å². The van der Waals surface area contributed by atoms with Crippen molar-refractivity contribution in [1.29, 1.82) is 0 Å². The minimum Gasteiger partial charge on any atom is -0.336 e. The number of carbonyl (C=O) groups is 2. The molecule has 2 unspecified atom stereocenters. The van der Waals surface area contributed by atoms with E-state index in [9.17, 15) is 9.59 Å². The van der Waals surface area contributed by atoms with Gasteiger partial charge >= 0.3 is 6.03 Å². The highest BCUT2D eigenvalue weighted by atomic mass is 16.2. The summed E-state index contributed by atoms with van der Waals surface area (Å²) in [5, 5.41) is 10.0. The number of nitrogens with one attached hydrogen (secondary N) is 2. The zero-order chi connectivity index (χ0) is 14.7. The predicted octanol–water partition coefficient (Wildman–Crippen LogP) is 0.282. The number of hydrogen-bond acceptors (Lipinski definition) is 4. The summed E-state index contributed by atoms with van der Waals surface area (Å²) in [6, 6.07) is -0.104. The quantitative estimate of drug-likeness (QED) is 0.811. The SMILES string of the molecule is Cc1cnn(C(C)C(C)NCC(=O)N2CCNC2=O)c1. The van der Waals surface area contributed by atoms with Gasteiger partial charge in [-0.25, -0.2) is 4.79 Å². The number of carbonyl (C=O) groups excluding carboxylic acids is 2. The lowest BCUT2D eigenvalue weighted by Crippen LogP contribution is -2.44. The molecule has 2 rings (SSSR count). The molecule has 2 heterocycles. The van der Waals surface area contributed by atoms with E-state index in [0.29, 0.717) is 13.1 Å². The van der Waals surface area contributed by atoms with Crippen molar-refractivity contribution in [3.8, 4) is 0 Å². The van der Waals surface area contributed by atoms with Crippen LogP contribution in [0.2, 0.25) is 0 Å². The average molecular weight is 279 g/mol. The molecule has 1 aromatic heterocycles. The van der Waals surface area contributed by atoms with E-state index >= 15 is 0 Å². The Morgan fingerprint density at radius 1 is 1.55 bits per heavy atom. The van der Waals surface area contributed by atoms with E-state index in [4.69, 9.17) is 0 Å². The van der Waals surface area contributed by atoms with Gasteiger partial charge in [0.25, 0.3) is 0 Å². The third-order valence-electron chi connectivity index (χ3n) is 3.60. The predicted molar refractivity (Wildman–Crippen MR) is 74.3 cm³/mol. The van der Waals surface area contributed by atoms with Gasteiger partial charge in [-0.05, 0) is 26.3 Å². The Morgan fingerprint density at radius 2 is 2.30 bits per heavy atom. The molecule has 0 aromatic carbocycles. The van der Waals surface area contributed by atoms with Crippen LogP contribution in [0.1, 0.15) is 25.5 Å². The summed E-state index contributed by atoms with van der Waals surface area (Å²) in [6.45, 7) is 7.16. The smallest absolute Gasteiger partial charge is 0.324 e. The monoisotopic (exact) mass is 279 g/mol. The molecule has 1 aliphatic heterocycles. The molecule has 1 aromatic rings. The lowest BCUT2D eigenvalue weighted by atomic mass is 10.1. The summed E-state index contributed by atoms with van der Waals surface area (Å²) in [5.41, 5.74) is 1.11.